The highest BCUT2D eigenvalue weighted by Gasteiger charge is 2.34. The number of para-hydroxylation sites is 2. The molecular weight excluding hydrogens is 306 g/mol. The first-order valence-corrected chi connectivity index (χ1v) is 8.04. The van der Waals surface area contributed by atoms with Gasteiger partial charge in [0.2, 0.25) is 0 Å². The number of fused-ring (bicyclic) bond motifs is 2. The normalized spacial score (nSPS) is 15.7. The van der Waals surface area contributed by atoms with E-state index in [1.165, 1.54) is 0 Å². The van der Waals surface area contributed by atoms with E-state index in [2.05, 4.69) is 5.32 Å². The van der Waals surface area contributed by atoms with Gasteiger partial charge in [0.25, 0.3) is 5.91 Å². The molecule has 2 aromatic rings. The number of esters is 1. The molecule has 4 rings (SSSR count). The second-order valence-electron chi connectivity index (χ2n) is 6.06. The summed E-state index contributed by atoms with van der Waals surface area (Å²) >= 11 is 0. The van der Waals surface area contributed by atoms with Crippen molar-refractivity contribution in [3.05, 3.63) is 59.7 Å². The first kappa shape index (κ1) is 14.8. The largest absolute Gasteiger partial charge is 0.457 e. The van der Waals surface area contributed by atoms with Gasteiger partial charge in [-0.2, -0.15) is 0 Å². The van der Waals surface area contributed by atoms with Crippen LogP contribution in [-0.2, 0) is 14.3 Å². The van der Waals surface area contributed by atoms with Crippen LogP contribution in [0.3, 0.4) is 0 Å². The van der Waals surface area contributed by atoms with E-state index in [4.69, 9.17) is 9.47 Å². The van der Waals surface area contributed by atoms with Crippen molar-refractivity contribution in [2.45, 2.75) is 24.8 Å². The Morgan fingerprint density at radius 2 is 1.58 bits per heavy atom. The van der Waals surface area contributed by atoms with E-state index in [1.807, 2.05) is 48.5 Å². The van der Waals surface area contributed by atoms with E-state index >= 15 is 0 Å². The molecule has 1 N–H and O–H groups in total. The fourth-order valence-electron chi connectivity index (χ4n) is 2.88. The van der Waals surface area contributed by atoms with Gasteiger partial charge in [-0.25, -0.2) is 0 Å². The summed E-state index contributed by atoms with van der Waals surface area (Å²) in [5.41, 5.74) is 1.51. The third kappa shape index (κ3) is 2.85. The van der Waals surface area contributed by atoms with E-state index in [-0.39, 0.29) is 18.6 Å². The molecule has 1 aliphatic carbocycles. The highest BCUT2D eigenvalue weighted by atomic mass is 16.5. The lowest BCUT2D eigenvalue weighted by Crippen LogP contribution is -2.32. The highest BCUT2D eigenvalue weighted by molar-refractivity contribution is 5.87. The summed E-state index contributed by atoms with van der Waals surface area (Å²) in [5.74, 6) is 0.00432. The van der Waals surface area contributed by atoms with Gasteiger partial charge < -0.3 is 14.8 Å². The Balaban J connectivity index is 1.57. The SMILES string of the molecule is O=C(COC(=O)C1c2ccccc2Oc2ccccc21)NC1CC1. The summed E-state index contributed by atoms with van der Waals surface area (Å²) in [6.07, 6.45) is 2.00. The van der Waals surface area contributed by atoms with E-state index in [0.717, 1.165) is 24.0 Å². The molecule has 2 aliphatic rings. The molecule has 0 saturated heterocycles. The van der Waals surface area contributed by atoms with Gasteiger partial charge in [-0.1, -0.05) is 36.4 Å². The van der Waals surface area contributed by atoms with Gasteiger partial charge in [0.05, 0.1) is 0 Å². The molecule has 0 radical (unpaired) electrons. The lowest BCUT2D eigenvalue weighted by Gasteiger charge is -2.26. The van der Waals surface area contributed by atoms with Crippen molar-refractivity contribution in [2.75, 3.05) is 6.61 Å². The molecule has 1 amide bonds. The van der Waals surface area contributed by atoms with Gasteiger partial charge >= 0.3 is 5.97 Å². The van der Waals surface area contributed by atoms with Crippen molar-refractivity contribution < 1.29 is 19.1 Å². The van der Waals surface area contributed by atoms with Gasteiger partial charge in [-0.3, -0.25) is 9.59 Å². The average Bonchev–Trinajstić information content (AvgIpc) is 3.41. The van der Waals surface area contributed by atoms with E-state index < -0.39 is 11.9 Å². The van der Waals surface area contributed by atoms with Gasteiger partial charge in [0, 0.05) is 17.2 Å². The molecule has 2 aromatic carbocycles. The first-order valence-electron chi connectivity index (χ1n) is 8.04. The molecule has 5 heteroatoms. The summed E-state index contributed by atoms with van der Waals surface area (Å²) in [4.78, 5) is 24.4. The van der Waals surface area contributed by atoms with Crippen molar-refractivity contribution in [1.29, 1.82) is 0 Å². The molecular formula is C19H17NO4. The minimum absolute atomic E-state index is 0.250. The predicted molar refractivity (Wildman–Crippen MR) is 86.9 cm³/mol. The van der Waals surface area contributed by atoms with Crippen LogP contribution in [0.15, 0.2) is 48.5 Å². The van der Waals surface area contributed by atoms with E-state index in [9.17, 15) is 9.59 Å². The number of amides is 1. The van der Waals surface area contributed by atoms with E-state index in [1.54, 1.807) is 0 Å². The van der Waals surface area contributed by atoms with Crippen molar-refractivity contribution in [3.8, 4) is 11.5 Å². The van der Waals surface area contributed by atoms with E-state index in [0.29, 0.717) is 11.5 Å². The minimum atomic E-state index is -0.583. The maximum Gasteiger partial charge on any atom is 0.318 e. The number of carbonyl (C=O) groups is 2. The zero-order valence-corrected chi connectivity index (χ0v) is 13.0. The van der Waals surface area contributed by atoms with Gasteiger partial charge in [-0.05, 0) is 25.0 Å². The van der Waals surface area contributed by atoms with Crippen molar-refractivity contribution in [3.63, 3.8) is 0 Å². The van der Waals surface area contributed by atoms with Crippen LogP contribution in [0.2, 0.25) is 0 Å². The molecule has 0 bridgehead atoms. The quantitative estimate of drug-likeness (QED) is 0.879. The van der Waals surface area contributed by atoms with Crippen LogP contribution in [0.1, 0.15) is 29.9 Å². The lowest BCUT2D eigenvalue weighted by atomic mass is 9.88. The Kier molecular flexibility index (Phi) is 3.69. The van der Waals surface area contributed by atoms with Crippen LogP contribution >= 0.6 is 0 Å². The van der Waals surface area contributed by atoms with Gasteiger partial charge in [0.15, 0.2) is 6.61 Å². The second kappa shape index (κ2) is 6.00. The molecule has 122 valence electrons. The molecule has 0 aromatic heterocycles. The first-order chi connectivity index (χ1) is 11.7. The summed E-state index contributed by atoms with van der Waals surface area (Å²) in [7, 11) is 0. The number of ether oxygens (including phenoxy) is 2. The third-order valence-electron chi connectivity index (χ3n) is 4.20. The topological polar surface area (TPSA) is 64.6 Å². The summed E-state index contributed by atoms with van der Waals surface area (Å²) < 4.78 is 11.1. The number of nitrogens with one attached hydrogen (secondary N) is 1. The van der Waals surface area contributed by atoms with Crippen molar-refractivity contribution >= 4 is 11.9 Å². The number of hydrogen-bond donors (Lipinski definition) is 1. The summed E-state index contributed by atoms with van der Waals surface area (Å²) in [6.45, 7) is -0.253. The predicted octanol–water partition coefficient (Wildman–Crippen LogP) is 2.75. The maximum absolute atomic E-state index is 12.7. The number of hydrogen-bond acceptors (Lipinski definition) is 4. The molecule has 5 nitrogen and oxygen atoms in total. The average molecular weight is 323 g/mol. The van der Waals surface area contributed by atoms with Crippen molar-refractivity contribution in [1.82, 2.24) is 5.32 Å². The summed E-state index contributed by atoms with van der Waals surface area (Å²) in [6, 6.07) is 15.0. The van der Waals surface area contributed by atoms with Crippen LogP contribution in [-0.4, -0.2) is 24.5 Å². The number of benzene rings is 2. The summed E-state index contributed by atoms with van der Waals surface area (Å²) in [5, 5.41) is 2.81. The highest BCUT2D eigenvalue weighted by Crippen LogP contribution is 2.44. The van der Waals surface area contributed by atoms with Gasteiger partial charge in [-0.15, -0.1) is 0 Å². The number of carbonyl (C=O) groups excluding carboxylic acids is 2. The Morgan fingerprint density at radius 1 is 1.00 bits per heavy atom. The lowest BCUT2D eigenvalue weighted by molar-refractivity contribution is -0.149. The minimum Gasteiger partial charge on any atom is -0.457 e. The Morgan fingerprint density at radius 3 is 2.17 bits per heavy atom. The molecule has 1 heterocycles. The van der Waals surface area contributed by atoms with Crippen LogP contribution in [0.4, 0.5) is 0 Å². The zero-order chi connectivity index (χ0) is 16.5. The molecule has 1 aliphatic heterocycles. The second-order valence-corrected chi connectivity index (χ2v) is 6.06. The van der Waals surface area contributed by atoms with Crippen molar-refractivity contribution in [2.24, 2.45) is 0 Å². The number of rotatable bonds is 4. The molecule has 0 spiro atoms. The smallest absolute Gasteiger partial charge is 0.318 e. The molecule has 24 heavy (non-hydrogen) atoms. The standard InChI is InChI=1S/C19H17NO4/c21-17(20-12-9-10-12)11-23-19(22)18-13-5-1-3-7-15(13)24-16-8-4-2-6-14(16)18/h1-8,12,18H,9-11H2,(H,20,21). The van der Waals surface area contributed by atoms with Crippen LogP contribution < -0.4 is 10.1 Å². The third-order valence-corrected chi connectivity index (χ3v) is 4.20. The molecule has 1 fully saturated rings. The zero-order valence-electron chi connectivity index (χ0n) is 13.0. The molecule has 0 unspecified atom stereocenters. The fraction of sp³-hybridized carbons (Fsp3) is 0.263. The Labute approximate surface area is 139 Å². The fourth-order valence-corrected chi connectivity index (χ4v) is 2.88. The van der Waals surface area contributed by atoms with Crippen LogP contribution in [0.25, 0.3) is 0 Å². The Hall–Kier alpha value is -2.82. The maximum atomic E-state index is 12.7. The molecule has 0 atom stereocenters. The van der Waals surface area contributed by atoms with Crippen LogP contribution in [0.5, 0.6) is 11.5 Å². The van der Waals surface area contributed by atoms with Gasteiger partial charge in [0.1, 0.15) is 17.4 Å². The monoisotopic (exact) mass is 323 g/mol. The molecule has 1 saturated carbocycles. The Bertz CT molecular complexity index is 752. The van der Waals surface area contributed by atoms with Crippen LogP contribution in [0, 0.1) is 0 Å².